The summed E-state index contributed by atoms with van der Waals surface area (Å²) in [5.74, 6) is -0.0514. The molecule has 0 amide bonds. The minimum atomic E-state index is -0.0514. The lowest BCUT2D eigenvalue weighted by molar-refractivity contribution is -0.144. The van der Waals surface area contributed by atoms with Gasteiger partial charge in [-0.15, -0.1) is 0 Å². The highest BCUT2D eigenvalue weighted by Crippen LogP contribution is 2.07. The topological polar surface area (TPSA) is 29.5 Å². The van der Waals surface area contributed by atoms with Crippen molar-refractivity contribution in [3.63, 3.8) is 0 Å². The largest absolute Gasteiger partial charge is 0.464 e. The molecule has 0 radical (unpaired) electrons. The van der Waals surface area contributed by atoms with Crippen molar-refractivity contribution < 1.29 is 9.53 Å². The summed E-state index contributed by atoms with van der Waals surface area (Å²) in [6.45, 7) is 5.82. The smallest absolute Gasteiger partial charge is 0.305 e. The molecule has 3 nitrogen and oxygen atoms in total. The van der Waals surface area contributed by atoms with Gasteiger partial charge in [0.05, 0.1) is 0 Å². The Balaban J connectivity index is 1.99. The van der Waals surface area contributed by atoms with Crippen LogP contribution in [-0.2, 0) is 9.53 Å². The third-order valence-corrected chi connectivity index (χ3v) is 2.57. The van der Waals surface area contributed by atoms with Gasteiger partial charge in [-0.1, -0.05) is 13.3 Å². The number of carbonyl (C=O) groups is 1. The van der Waals surface area contributed by atoms with Crippen LogP contribution in [0.2, 0.25) is 0 Å². The first kappa shape index (κ1) is 11.5. The Morgan fingerprint density at radius 1 is 1.29 bits per heavy atom. The Morgan fingerprint density at radius 3 is 2.64 bits per heavy atom. The highest BCUT2D eigenvalue weighted by Gasteiger charge is 2.10. The zero-order valence-electron chi connectivity index (χ0n) is 9.13. The molecule has 0 aromatic rings. The molecule has 14 heavy (non-hydrogen) atoms. The Bertz CT molecular complexity index is 165. The summed E-state index contributed by atoms with van der Waals surface area (Å²) in [5, 5.41) is 0. The average Bonchev–Trinajstić information content (AvgIpc) is 2.20. The summed E-state index contributed by atoms with van der Waals surface area (Å²) in [5.41, 5.74) is 0. The van der Waals surface area contributed by atoms with E-state index in [1.165, 1.54) is 32.4 Å². The predicted octanol–water partition coefficient (Wildman–Crippen LogP) is 1.82. The molecule has 1 saturated heterocycles. The molecule has 0 aliphatic carbocycles. The fourth-order valence-electron chi connectivity index (χ4n) is 1.75. The molecule has 0 aromatic heterocycles. The first-order chi connectivity index (χ1) is 6.83. The molecular formula is C11H21NO2. The van der Waals surface area contributed by atoms with Gasteiger partial charge in [-0.3, -0.25) is 9.69 Å². The van der Waals surface area contributed by atoms with Crippen LogP contribution in [0.1, 0.15) is 39.0 Å². The summed E-state index contributed by atoms with van der Waals surface area (Å²) < 4.78 is 5.10. The number of hydrogen-bond donors (Lipinski definition) is 0. The molecule has 0 aromatic carbocycles. The highest BCUT2D eigenvalue weighted by atomic mass is 16.5. The Kier molecular flexibility index (Phi) is 5.60. The van der Waals surface area contributed by atoms with Crippen molar-refractivity contribution in [2.24, 2.45) is 0 Å². The normalized spacial score (nSPS) is 18.1. The molecular weight excluding hydrogens is 178 g/mol. The second-order valence-corrected chi connectivity index (χ2v) is 3.87. The van der Waals surface area contributed by atoms with Gasteiger partial charge in [-0.2, -0.15) is 0 Å². The van der Waals surface area contributed by atoms with Crippen molar-refractivity contribution in [3.8, 4) is 0 Å². The maximum Gasteiger partial charge on any atom is 0.305 e. The van der Waals surface area contributed by atoms with E-state index in [-0.39, 0.29) is 5.97 Å². The molecule has 1 aliphatic heterocycles. The first-order valence-corrected chi connectivity index (χ1v) is 5.71. The van der Waals surface area contributed by atoms with Gasteiger partial charge >= 0.3 is 5.97 Å². The van der Waals surface area contributed by atoms with Crippen molar-refractivity contribution in [3.05, 3.63) is 0 Å². The maximum absolute atomic E-state index is 11.0. The summed E-state index contributed by atoms with van der Waals surface area (Å²) in [4.78, 5) is 13.4. The Morgan fingerprint density at radius 2 is 2.00 bits per heavy atom. The van der Waals surface area contributed by atoms with E-state index < -0.39 is 0 Å². The lowest BCUT2D eigenvalue weighted by Crippen LogP contribution is -2.33. The van der Waals surface area contributed by atoms with Crippen LogP contribution in [0, 0.1) is 0 Å². The van der Waals surface area contributed by atoms with E-state index in [4.69, 9.17) is 4.74 Å². The molecule has 1 heterocycles. The van der Waals surface area contributed by atoms with Crippen LogP contribution in [-0.4, -0.2) is 37.1 Å². The van der Waals surface area contributed by atoms with Crippen LogP contribution in [0.25, 0.3) is 0 Å². The number of piperidine rings is 1. The summed E-state index contributed by atoms with van der Waals surface area (Å²) in [6.07, 6.45) is 5.38. The maximum atomic E-state index is 11.0. The quantitative estimate of drug-likeness (QED) is 0.632. The van der Waals surface area contributed by atoms with Crippen molar-refractivity contribution >= 4 is 5.97 Å². The standard InChI is InChI=1S/C11H21NO2/c1-2-6-11(13)14-10-9-12-7-4-3-5-8-12/h2-10H2,1H3. The lowest BCUT2D eigenvalue weighted by atomic mass is 10.1. The van der Waals surface area contributed by atoms with Crippen LogP contribution in [0.3, 0.4) is 0 Å². The predicted molar refractivity (Wildman–Crippen MR) is 56.2 cm³/mol. The SMILES string of the molecule is CCCC(=O)OCCN1CCCCC1. The van der Waals surface area contributed by atoms with Gasteiger partial charge in [0.1, 0.15) is 6.61 Å². The Labute approximate surface area is 86.4 Å². The fourth-order valence-corrected chi connectivity index (χ4v) is 1.75. The second kappa shape index (κ2) is 6.82. The van der Waals surface area contributed by atoms with E-state index >= 15 is 0 Å². The number of ether oxygens (including phenoxy) is 1. The number of likely N-dealkylation sites (tertiary alicyclic amines) is 1. The fraction of sp³-hybridized carbons (Fsp3) is 0.909. The average molecular weight is 199 g/mol. The summed E-state index contributed by atoms with van der Waals surface area (Å²) in [7, 11) is 0. The summed E-state index contributed by atoms with van der Waals surface area (Å²) in [6, 6.07) is 0. The monoisotopic (exact) mass is 199 g/mol. The molecule has 82 valence electrons. The number of rotatable bonds is 5. The van der Waals surface area contributed by atoms with E-state index in [2.05, 4.69) is 4.90 Å². The number of carbonyl (C=O) groups excluding carboxylic acids is 1. The van der Waals surface area contributed by atoms with Crippen LogP contribution in [0.15, 0.2) is 0 Å². The van der Waals surface area contributed by atoms with Gasteiger partial charge in [0.25, 0.3) is 0 Å². The second-order valence-electron chi connectivity index (χ2n) is 3.87. The highest BCUT2D eigenvalue weighted by molar-refractivity contribution is 5.69. The third-order valence-electron chi connectivity index (χ3n) is 2.57. The van der Waals surface area contributed by atoms with Crippen molar-refractivity contribution in [1.82, 2.24) is 4.90 Å². The van der Waals surface area contributed by atoms with Gasteiger partial charge in [0.2, 0.25) is 0 Å². The molecule has 0 bridgehead atoms. The van der Waals surface area contributed by atoms with E-state index in [1.807, 2.05) is 6.92 Å². The molecule has 1 fully saturated rings. The van der Waals surface area contributed by atoms with E-state index in [1.54, 1.807) is 0 Å². The zero-order valence-corrected chi connectivity index (χ0v) is 9.13. The van der Waals surface area contributed by atoms with Crippen molar-refractivity contribution in [2.75, 3.05) is 26.2 Å². The van der Waals surface area contributed by atoms with Gasteiger partial charge in [-0.05, 0) is 32.4 Å². The van der Waals surface area contributed by atoms with Crippen LogP contribution >= 0.6 is 0 Å². The minimum absolute atomic E-state index is 0.0514. The molecule has 0 N–H and O–H groups in total. The number of hydrogen-bond acceptors (Lipinski definition) is 3. The van der Waals surface area contributed by atoms with Crippen molar-refractivity contribution in [2.45, 2.75) is 39.0 Å². The van der Waals surface area contributed by atoms with Crippen LogP contribution < -0.4 is 0 Å². The van der Waals surface area contributed by atoms with E-state index in [9.17, 15) is 4.79 Å². The van der Waals surface area contributed by atoms with Gasteiger partial charge in [-0.25, -0.2) is 0 Å². The molecule has 1 aliphatic rings. The minimum Gasteiger partial charge on any atom is -0.464 e. The molecule has 1 rings (SSSR count). The first-order valence-electron chi connectivity index (χ1n) is 5.71. The molecule has 0 unspecified atom stereocenters. The Hall–Kier alpha value is -0.570. The van der Waals surface area contributed by atoms with Crippen LogP contribution in [0.5, 0.6) is 0 Å². The molecule has 3 heteroatoms. The van der Waals surface area contributed by atoms with Gasteiger partial charge in [0.15, 0.2) is 0 Å². The van der Waals surface area contributed by atoms with E-state index in [0.29, 0.717) is 13.0 Å². The van der Waals surface area contributed by atoms with Gasteiger partial charge < -0.3 is 4.74 Å². The van der Waals surface area contributed by atoms with Crippen molar-refractivity contribution in [1.29, 1.82) is 0 Å². The molecule has 0 spiro atoms. The van der Waals surface area contributed by atoms with Crippen LogP contribution in [0.4, 0.5) is 0 Å². The van der Waals surface area contributed by atoms with E-state index in [0.717, 1.165) is 13.0 Å². The van der Waals surface area contributed by atoms with Gasteiger partial charge in [0, 0.05) is 13.0 Å². The lowest BCUT2D eigenvalue weighted by Gasteiger charge is -2.25. The third kappa shape index (κ3) is 4.61. The zero-order chi connectivity index (χ0) is 10.2. The summed E-state index contributed by atoms with van der Waals surface area (Å²) >= 11 is 0. The number of esters is 1. The molecule has 0 atom stereocenters. The molecule has 0 saturated carbocycles. The number of nitrogens with zero attached hydrogens (tertiary/aromatic N) is 1.